The third kappa shape index (κ3) is 5.91. The minimum Gasteiger partial charge on any atom is -0.479 e. The van der Waals surface area contributed by atoms with Gasteiger partial charge < -0.3 is 5.11 Å². The number of phosphoric ester groups is 1. The molecule has 0 saturated heterocycles. The van der Waals surface area contributed by atoms with Crippen molar-refractivity contribution in [3.05, 3.63) is 71.8 Å². The van der Waals surface area contributed by atoms with Crippen LogP contribution in [0.25, 0.3) is 0 Å². The first kappa shape index (κ1) is 18.4. The molecule has 0 aliphatic rings. The molecule has 0 heterocycles. The molecule has 0 saturated carbocycles. The molecule has 0 unspecified atom stereocenters. The van der Waals surface area contributed by atoms with E-state index in [0.717, 1.165) is 11.1 Å². The van der Waals surface area contributed by atoms with E-state index in [0.29, 0.717) is 0 Å². The van der Waals surface area contributed by atoms with Gasteiger partial charge in [0.2, 0.25) is 0 Å². The SMILES string of the molecule is C[C@H](OP(=O)(OCc1ccccc1)OCc1ccccc1)C(=O)O. The first-order chi connectivity index (χ1) is 11.5. The van der Waals surface area contributed by atoms with Gasteiger partial charge in [-0.15, -0.1) is 0 Å². The predicted octanol–water partition coefficient (Wildman–Crippen LogP) is 4.02. The maximum Gasteiger partial charge on any atom is 0.476 e. The molecule has 0 bridgehead atoms. The van der Waals surface area contributed by atoms with Gasteiger partial charge in [0.1, 0.15) is 0 Å². The molecule has 7 heteroatoms. The lowest BCUT2D eigenvalue weighted by Crippen LogP contribution is -2.19. The number of carboxylic acid groups (broad SMARTS) is 1. The van der Waals surface area contributed by atoms with Crippen LogP contribution in [0, 0.1) is 0 Å². The maximum absolute atomic E-state index is 12.7. The van der Waals surface area contributed by atoms with Gasteiger partial charge in [0.25, 0.3) is 0 Å². The lowest BCUT2D eigenvalue weighted by Gasteiger charge is -2.20. The van der Waals surface area contributed by atoms with Gasteiger partial charge in [0.05, 0.1) is 13.2 Å². The number of aliphatic carboxylic acids is 1. The summed E-state index contributed by atoms with van der Waals surface area (Å²) in [6, 6.07) is 18.1. The van der Waals surface area contributed by atoms with E-state index in [1.807, 2.05) is 36.4 Å². The van der Waals surface area contributed by atoms with Crippen LogP contribution < -0.4 is 0 Å². The highest BCUT2D eigenvalue weighted by Crippen LogP contribution is 2.52. The second kappa shape index (κ2) is 8.76. The standard InChI is InChI=1S/C17H19O6P/c1-14(17(18)19)23-24(20,21-12-15-8-4-2-5-9-15)22-13-16-10-6-3-7-11-16/h2-11,14H,12-13H2,1H3,(H,18,19)/t14-/m0/s1. The van der Waals surface area contributed by atoms with Crippen molar-refractivity contribution in [1.29, 1.82) is 0 Å². The number of phosphoric acid groups is 1. The Morgan fingerprint density at radius 3 is 1.75 bits per heavy atom. The van der Waals surface area contributed by atoms with Crippen molar-refractivity contribution in [2.24, 2.45) is 0 Å². The van der Waals surface area contributed by atoms with Crippen LogP contribution in [0.5, 0.6) is 0 Å². The summed E-state index contributed by atoms with van der Waals surface area (Å²) in [5.74, 6) is -1.25. The van der Waals surface area contributed by atoms with Crippen molar-refractivity contribution in [1.82, 2.24) is 0 Å². The van der Waals surface area contributed by atoms with Crippen LogP contribution >= 0.6 is 7.82 Å². The van der Waals surface area contributed by atoms with Gasteiger partial charge in [-0.1, -0.05) is 60.7 Å². The molecule has 0 amide bonds. The smallest absolute Gasteiger partial charge is 0.476 e. The molecule has 0 fully saturated rings. The molecule has 128 valence electrons. The highest BCUT2D eigenvalue weighted by molar-refractivity contribution is 7.48. The number of rotatable bonds is 9. The highest BCUT2D eigenvalue weighted by atomic mass is 31.2. The normalized spacial score (nSPS) is 12.7. The molecular weight excluding hydrogens is 331 g/mol. The van der Waals surface area contributed by atoms with Gasteiger partial charge in [-0.2, -0.15) is 0 Å². The molecule has 6 nitrogen and oxygen atoms in total. The zero-order chi connectivity index (χ0) is 17.4. The molecule has 1 atom stereocenters. The summed E-state index contributed by atoms with van der Waals surface area (Å²) in [4.78, 5) is 11.0. The summed E-state index contributed by atoms with van der Waals surface area (Å²) in [5, 5.41) is 8.96. The van der Waals surface area contributed by atoms with Crippen molar-refractivity contribution in [3.63, 3.8) is 0 Å². The summed E-state index contributed by atoms with van der Waals surface area (Å²) < 4.78 is 28.4. The summed E-state index contributed by atoms with van der Waals surface area (Å²) in [6.45, 7) is 1.24. The summed E-state index contributed by atoms with van der Waals surface area (Å²) in [6.07, 6.45) is -1.32. The van der Waals surface area contributed by atoms with E-state index in [2.05, 4.69) is 0 Å². The highest BCUT2D eigenvalue weighted by Gasteiger charge is 2.32. The molecule has 24 heavy (non-hydrogen) atoms. The Hall–Kier alpha value is -1.98. The van der Waals surface area contributed by atoms with Gasteiger partial charge in [-0.25, -0.2) is 9.36 Å². The first-order valence-corrected chi connectivity index (χ1v) is 8.83. The third-order valence-electron chi connectivity index (χ3n) is 3.10. The van der Waals surface area contributed by atoms with Crippen molar-refractivity contribution in [3.8, 4) is 0 Å². The van der Waals surface area contributed by atoms with Crippen LogP contribution in [0.4, 0.5) is 0 Å². The Balaban J connectivity index is 2.05. The fourth-order valence-electron chi connectivity index (χ4n) is 1.79. The Morgan fingerprint density at radius 1 is 0.958 bits per heavy atom. The quantitative estimate of drug-likeness (QED) is 0.688. The van der Waals surface area contributed by atoms with Crippen molar-refractivity contribution < 1.29 is 28.0 Å². The second-order valence-electron chi connectivity index (χ2n) is 5.05. The number of carboxylic acids is 1. The molecule has 2 aromatic carbocycles. The average Bonchev–Trinajstić information content (AvgIpc) is 2.60. The molecule has 0 aliphatic carbocycles. The zero-order valence-electron chi connectivity index (χ0n) is 13.2. The minimum absolute atomic E-state index is 0.0146. The lowest BCUT2D eigenvalue weighted by atomic mass is 10.2. The summed E-state index contributed by atoms with van der Waals surface area (Å²) in [5.41, 5.74) is 1.54. The fraction of sp³-hybridized carbons (Fsp3) is 0.235. The van der Waals surface area contributed by atoms with E-state index < -0.39 is 19.9 Å². The number of hydrogen-bond acceptors (Lipinski definition) is 5. The van der Waals surface area contributed by atoms with E-state index in [-0.39, 0.29) is 13.2 Å². The molecule has 1 N–H and O–H groups in total. The molecule has 2 aromatic rings. The zero-order valence-corrected chi connectivity index (χ0v) is 14.1. The van der Waals surface area contributed by atoms with Crippen molar-refractivity contribution in [2.75, 3.05) is 0 Å². The van der Waals surface area contributed by atoms with Crippen molar-refractivity contribution in [2.45, 2.75) is 26.2 Å². The lowest BCUT2D eigenvalue weighted by molar-refractivity contribution is -0.145. The van der Waals surface area contributed by atoms with Gasteiger partial charge in [0, 0.05) is 0 Å². The molecular formula is C17H19O6P. The molecule has 2 rings (SSSR count). The number of carbonyl (C=O) groups is 1. The van der Waals surface area contributed by atoms with E-state index in [1.54, 1.807) is 24.3 Å². The predicted molar refractivity (Wildman–Crippen MR) is 88.3 cm³/mol. The van der Waals surface area contributed by atoms with Crippen LogP contribution in [0.3, 0.4) is 0 Å². The van der Waals surface area contributed by atoms with E-state index in [1.165, 1.54) is 6.92 Å². The topological polar surface area (TPSA) is 82.1 Å². The minimum atomic E-state index is -4.04. The average molecular weight is 350 g/mol. The van der Waals surface area contributed by atoms with Crippen LogP contribution in [0.1, 0.15) is 18.1 Å². The van der Waals surface area contributed by atoms with Crippen LogP contribution in [-0.2, 0) is 36.1 Å². The first-order valence-electron chi connectivity index (χ1n) is 7.37. The number of hydrogen-bond donors (Lipinski definition) is 1. The fourth-order valence-corrected chi connectivity index (χ4v) is 3.08. The monoisotopic (exact) mass is 350 g/mol. The van der Waals surface area contributed by atoms with E-state index in [9.17, 15) is 9.36 Å². The van der Waals surface area contributed by atoms with Crippen LogP contribution in [0.15, 0.2) is 60.7 Å². The Bertz CT molecular complexity index is 641. The molecule has 0 radical (unpaired) electrons. The van der Waals surface area contributed by atoms with Crippen molar-refractivity contribution >= 4 is 13.8 Å². The largest absolute Gasteiger partial charge is 0.479 e. The Labute approximate surface area is 140 Å². The van der Waals surface area contributed by atoms with Gasteiger partial charge >= 0.3 is 13.8 Å². The van der Waals surface area contributed by atoms with Crippen LogP contribution in [0.2, 0.25) is 0 Å². The maximum atomic E-state index is 12.7. The molecule has 0 aliphatic heterocycles. The van der Waals surface area contributed by atoms with E-state index >= 15 is 0 Å². The second-order valence-corrected chi connectivity index (χ2v) is 6.67. The van der Waals surface area contributed by atoms with E-state index in [4.69, 9.17) is 18.7 Å². The summed E-state index contributed by atoms with van der Waals surface area (Å²) >= 11 is 0. The Morgan fingerprint density at radius 2 is 1.38 bits per heavy atom. The number of benzene rings is 2. The summed E-state index contributed by atoms with van der Waals surface area (Å²) in [7, 11) is -4.04. The molecule has 0 aromatic heterocycles. The van der Waals surface area contributed by atoms with Gasteiger partial charge in [0.15, 0.2) is 6.10 Å². The Kier molecular flexibility index (Phi) is 6.70. The molecule has 0 spiro atoms. The van der Waals surface area contributed by atoms with Gasteiger partial charge in [-0.05, 0) is 18.1 Å². The van der Waals surface area contributed by atoms with Gasteiger partial charge in [-0.3, -0.25) is 13.6 Å². The van der Waals surface area contributed by atoms with Crippen LogP contribution in [-0.4, -0.2) is 17.2 Å². The third-order valence-corrected chi connectivity index (χ3v) is 4.56.